The molecule has 3 aromatic rings. The van der Waals surface area contributed by atoms with Crippen LogP contribution in [0.4, 0.5) is 11.5 Å². The van der Waals surface area contributed by atoms with Gasteiger partial charge in [0, 0.05) is 5.56 Å². The summed E-state index contributed by atoms with van der Waals surface area (Å²) in [6.45, 7) is 1.93. The Bertz CT molecular complexity index is 1120. The second-order valence-electron chi connectivity index (χ2n) is 7.04. The topological polar surface area (TPSA) is 94.5 Å². The molecule has 0 spiro atoms. The zero-order valence-corrected chi connectivity index (χ0v) is 16.9. The number of carbonyl (C=O) groups excluding carboxylic acids is 2. The minimum Gasteiger partial charge on any atom is -0.497 e. The van der Waals surface area contributed by atoms with Gasteiger partial charge in [-0.25, -0.2) is 4.68 Å². The van der Waals surface area contributed by atoms with E-state index in [0.29, 0.717) is 23.0 Å². The number of rotatable bonds is 6. The molecule has 1 unspecified atom stereocenters. The molecule has 1 atom stereocenters. The zero-order valence-electron chi connectivity index (χ0n) is 16.9. The first-order chi connectivity index (χ1) is 14.5. The first-order valence-corrected chi connectivity index (χ1v) is 9.47. The fourth-order valence-electron chi connectivity index (χ4n) is 3.51. The third-order valence-electron chi connectivity index (χ3n) is 5.02. The van der Waals surface area contributed by atoms with Crippen molar-refractivity contribution in [3.63, 3.8) is 0 Å². The maximum Gasteiger partial charge on any atom is 0.251 e. The molecular formula is C22H22N4O4. The number of aromatic nitrogens is 2. The molecule has 2 amide bonds. The SMILES string of the molecule is COc1cccc(-c2cnn3c2NC(=O)C3CC(=O)Nc2cc(C)ccc2OC)c1. The van der Waals surface area contributed by atoms with E-state index in [2.05, 4.69) is 15.7 Å². The Labute approximate surface area is 173 Å². The lowest BCUT2D eigenvalue weighted by molar-refractivity contribution is -0.123. The average Bonchev–Trinajstić information content (AvgIpc) is 3.27. The molecule has 2 N–H and O–H groups in total. The zero-order chi connectivity index (χ0) is 21.3. The van der Waals surface area contributed by atoms with Crippen LogP contribution in [-0.2, 0) is 9.59 Å². The van der Waals surface area contributed by atoms with E-state index in [0.717, 1.165) is 16.7 Å². The maximum absolute atomic E-state index is 12.7. The summed E-state index contributed by atoms with van der Waals surface area (Å²) in [5, 5.41) is 10.0. The third kappa shape index (κ3) is 3.59. The highest BCUT2D eigenvalue weighted by atomic mass is 16.5. The summed E-state index contributed by atoms with van der Waals surface area (Å²) in [6, 6.07) is 12.3. The van der Waals surface area contributed by atoms with Crippen molar-refractivity contribution in [3.8, 4) is 22.6 Å². The quantitative estimate of drug-likeness (QED) is 0.654. The van der Waals surface area contributed by atoms with Crippen LogP contribution in [0.1, 0.15) is 18.0 Å². The number of nitrogens with zero attached hydrogens (tertiary/aromatic N) is 2. The Morgan fingerprint density at radius 2 is 2.03 bits per heavy atom. The van der Waals surface area contributed by atoms with Crippen molar-refractivity contribution < 1.29 is 19.1 Å². The molecule has 8 nitrogen and oxygen atoms in total. The minimum atomic E-state index is -0.727. The van der Waals surface area contributed by atoms with Crippen LogP contribution < -0.4 is 20.1 Å². The van der Waals surface area contributed by atoms with Crippen LogP contribution in [0.2, 0.25) is 0 Å². The molecule has 0 aliphatic carbocycles. The first-order valence-electron chi connectivity index (χ1n) is 9.47. The van der Waals surface area contributed by atoms with Gasteiger partial charge in [0.25, 0.3) is 5.91 Å². The van der Waals surface area contributed by atoms with Crippen molar-refractivity contribution in [3.05, 3.63) is 54.2 Å². The summed E-state index contributed by atoms with van der Waals surface area (Å²) in [5.41, 5.74) is 3.19. The summed E-state index contributed by atoms with van der Waals surface area (Å²) >= 11 is 0. The van der Waals surface area contributed by atoms with E-state index in [4.69, 9.17) is 9.47 Å². The summed E-state index contributed by atoms with van der Waals surface area (Å²) < 4.78 is 12.1. The Morgan fingerprint density at radius 1 is 1.20 bits per heavy atom. The summed E-state index contributed by atoms with van der Waals surface area (Å²) in [5.74, 6) is 1.27. The molecule has 1 aromatic heterocycles. The van der Waals surface area contributed by atoms with E-state index in [-0.39, 0.29) is 18.2 Å². The van der Waals surface area contributed by atoms with E-state index in [1.54, 1.807) is 31.2 Å². The van der Waals surface area contributed by atoms with Crippen LogP contribution in [0.25, 0.3) is 11.1 Å². The number of anilines is 2. The van der Waals surface area contributed by atoms with Gasteiger partial charge in [-0.15, -0.1) is 0 Å². The first kappa shape index (κ1) is 19.5. The Morgan fingerprint density at radius 3 is 2.80 bits per heavy atom. The lowest BCUT2D eigenvalue weighted by atomic mass is 10.1. The van der Waals surface area contributed by atoms with Gasteiger partial charge < -0.3 is 20.1 Å². The predicted octanol–water partition coefficient (Wildman–Crippen LogP) is 3.40. The second kappa shape index (κ2) is 7.90. The maximum atomic E-state index is 12.7. The minimum absolute atomic E-state index is 0.0465. The molecule has 0 radical (unpaired) electrons. The number of ether oxygens (including phenoxy) is 2. The smallest absolute Gasteiger partial charge is 0.251 e. The summed E-state index contributed by atoms with van der Waals surface area (Å²) in [4.78, 5) is 25.2. The van der Waals surface area contributed by atoms with Crippen molar-refractivity contribution in [1.82, 2.24) is 9.78 Å². The number of hydrogen-bond donors (Lipinski definition) is 2. The van der Waals surface area contributed by atoms with Crippen LogP contribution in [0.5, 0.6) is 11.5 Å². The molecule has 154 valence electrons. The number of hydrogen-bond acceptors (Lipinski definition) is 5. The average molecular weight is 406 g/mol. The highest BCUT2D eigenvalue weighted by Gasteiger charge is 2.35. The standard InChI is InChI=1S/C22H22N4O4/c1-13-7-8-19(30-3)17(9-13)24-20(27)11-18-22(28)25-21-16(12-23-26(18)21)14-5-4-6-15(10-14)29-2/h4-10,12,18H,11H2,1-3H3,(H,24,27)(H,25,28). The van der Waals surface area contributed by atoms with Crippen molar-refractivity contribution in [2.24, 2.45) is 0 Å². The van der Waals surface area contributed by atoms with Crippen LogP contribution in [0.3, 0.4) is 0 Å². The van der Waals surface area contributed by atoms with Gasteiger partial charge in [-0.1, -0.05) is 18.2 Å². The largest absolute Gasteiger partial charge is 0.497 e. The lowest BCUT2D eigenvalue weighted by Gasteiger charge is -2.13. The van der Waals surface area contributed by atoms with Crippen molar-refractivity contribution in [1.29, 1.82) is 0 Å². The van der Waals surface area contributed by atoms with Gasteiger partial charge in [0.15, 0.2) is 0 Å². The molecule has 2 heterocycles. The molecule has 0 fully saturated rings. The molecule has 0 saturated carbocycles. The molecule has 1 aliphatic rings. The molecule has 0 bridgehead atoms. The lowest BCUT2D eigenvalue weighted by Crippen LogP contribution is -2.23. The number of carbonyl (C=O) groups is 2. The van der Waals surface area contributed by atoms with Gasteiger partial charge in [-0.2, -0.15) is 5.10 Å². The fraction of sp³-hybridized carbons (Fsp3) is 0.227. The van der Waals surface area contributed by atoms with E-state index in [9.17, 15) is 9.59 Å². The summed E-state index contributed by atoms with van der Waals surface area (Å²) in [6.07, 6.45) is 1.63. The Kier molecular flexibility index (Phi) is 5.14. The normalized spacial score (nSPS) is 14.8. The van der Waals surface area contributed by atoms with Gasteiger partial charge in [-0.05, 0) is 42.3 Å². The summed E-state index contributed by atoms with van der Waals surface area (Å²) in [7, 11) is 3.14. The molecule has 2 aromatic carbocycles. The number of nitrogens with one attached hydrogen (secondary N) is 2. The number of fused-ring (bicyclic) bond motifs is 1. The van der Waals surface area contributed by atoms with Crippen LogP contribution in [-0.4, -0.2) is 35.8 Å². The van der Waals surface area contributed by atoms with Crippen LogP contribution in [0.15, 0.2) is 48.7 Å². The molecule has 1 aliphatic heterocycles. The van der Waals surface area contributed by atoms with Gasteiger partial charge in [0.2, 0.25) is 5.91 Å². The monoisotopic (exact) mass is 406 g/mol. The highest BCUT2D eigenvalue weighted by molar-refractivity contribution is 6.04. The van der Waals surface area contributed by atoms with E-state index in [1.165, 1.54) is 0 Å². The molecule has 4 rings (SSSR count). The Balaban J connectivity index is 1.55. The van der Waals surface area contributed by atoms with Crippen molar-refractivity contribution in [2.75, 3.05) is 24.9 Å². The molecular weight excluding hydrogens is 384 g/mol. The van der Waals surface area contributed by atoms with E-state index < -0.39 is 6.04 Å². The number of methoxy groups -OCH3 is 2. The van der Waals surface area contributed by atoms with Gasteiger partial charge in [-0.3, -0.25) is 9.59 Å². The van der Waals surface area contributed by atoms with Gasteiger partial charge in [0.05, 0.1) is 32.5 Å². The van der Waals surface area contributed by atoms with Crippen molar-refractivity contribution >= 4 is 23.3 Å². The number of amides is 2. The Hall–Kier alpha value is -3.81. The van der Waals surface area contributed by atoms with Crippen molar-refractivity contribution in [2.45, 2.75) is 19.4 Å². The molecule has 0 saturated heterocycles. The molecule has 30 heavy (non-hydrogen) atoms. The van der Waals surface area contributed by atoms with Crippen LogP contribution in [0, 0.1) is 6.92 Å². The predicted molar refractivity (Wildman–Crippen MR) is 113 cm³/mol. The fourth-order valence-corrected chi connectivity index (χ4v) is 3.51. The van der Waals surface area contributed by atoms with Gasteiger partial charge in [0.1, 0.15) is 23.4 Å². The molecule has 8 heteroatoms. The van der Waals surface area contributed by atoms with E-state index in [1.807, 2.05) is 43.3 Å². The third-order valence-corrected chi connectivity index (χ3v) is 5.02. The van der Waals surface area contributed by atoms with Crippen LogP contribution >= 0.6 is 0 Å². The van der Waals surface area contributed by atoms with Gasteiger partial charge >= 0.3 is 0 Å². The van der Waals surface area contributed by atoms with E-state index >= 15 is 0 Å². The second-order valence-corrected chi connectivity index (χ2v) is 7.04. The number of aryl methyl sites for hydroxylation is 1. The highest BCUT2D eigenvalue weighted by Crippen LogP contribution is 2.37. The number of benzene rings is 2.